The quantitative estimate of drug-likeness (QED) is 0.689. The van der Waals surface area contributed by atoms with Crippen LogP contribution in [0.1, 0.15) is 32.1 Å². The van der Waals surface area contributed by atoms with E-state index >= 15 is 0 Å². The zero-order valence-corrected chi connectivity index (χ0v) is 10.3. The van der Waals surface area contributed by atoms with Crippen molar-refractivity contribution in [3.05, 3.63) is 0 Å². The standard InChI is InChI=1S/C13H25N3/c1-2-4-12-11(3-1)13(5-6-15-12)16-9-7-14-8-10-16/h11-15H,1-10H2/t11-,12+,13-/m1/s1. The van der Waals surface area contributed by atoms with Gasteiger partial charge in [0.15, 0.2) is 0 Å². The van der Waals surface area contributed by atoms with Gasteiger partial charge in [-0.1, -0.05) is 12.8 Å². The lowest BCUT2D eigenvalue weighted by molar-refractivity contribution is 0.0545. The van der Waals surface area contributed by atoms with Crippen molar-refractivity contribution in [2.24, 2.45) is 5.92 Å². The smallest absolute Gasteiger partial charge is 0.0151 e. The first-order valence-electron chi connectivity index (χ1n) is 7.13. The normalized spacial score (nSPS) is 41.6. The van der Waals surface area contributed by atoms with Crippen molar-refractivity contribution in [1.82, 2.24) is 15.5 Å². The number of fused-ring (bicyclic) bond motifs is 1. The zero-order chi connectivity index (χ0) is 10.8. The fraction of sp³-hybridized carbons (Fsp3) is 1.00. The van der Waals surface area contributed by atoms with Crippen LogP contribution in [0.3, 0.4) is 0 Å². The molecule has 0 spiro atoms. The second-order valence-electron chi connectivity index (χ2n) is 5.65. The molecule has 2 aliphatic heterocycles. The van der Waals surface area contributed by atoms with Gasteiger partial charge in [0.1, 0.15) is 0 Å². The third-order valence-corrected chi connectivity index (χ3v) is 4.78. The van der Waals surface area contributed by atoms with Gasteiger partial charge in [-0.25, -0.2) is 0 Å². The fourth-order valence-electron chi connectivity index (χ4n) is 3.97. The molecular weight excluding hydrogens is 198 g/mol. The summed E-state index contributed by atoms with van der Waals surface area (Å²) in [6.07, 6.45) is 7.18. The maximum absolute atomic E-state index is 3.75. The lowest BCUT2D eigenvalue weighted by atomic mass is 9.75. The average molecular weight is 223 g/mol. The van der Waals surface area contributed by atoms with E-state index in [4.69, 9.17) is 0 Å². The molecule has 3 rings (SSSR count). The molecule has 3 heteroatoms. The number of hydrogen-bond acceptors (Lipinski definition) is 3. The highest BCUT2D eigenvalue weighted by Gasteiger charge is 2.37. The van der Waals surface area contributed by atoms with Crippen molar-refractivity contribution in [2.75, 3.05) is 32.7 Å². The monoisotopic (exact) mass is 223 g/mol. The van der Waals surface area contributed by atoms with Crippen LogP contribution in [0.25, 0.3) is 0 Å². The van der Waals surface area contributed by atoms with Gasteiger partial charge >= 0.3 is 0 Å². The summed E-state index contributed by atoms with van der Waals surface area (Å²) >= 11 is 0. The van der Waals surface area contributed by atoms with Gasteiger partial charge in [0, 0.05) is 38.3 Å². The maximum atomic E-state index is 3.75. The molecule has 0 aromatic rings. The summed E-state index contributed by atoms with van der Waals surface area (Å²) in [7, 11) is 0. The molecule has 0 amide bonds. The molecule has 3 aliphatic rings. The number of rotatable bonds is 1. The van der Waals surface area contributed by atoms with E-state index in [1.165, 1.54) is 64.8 Å². The first-order valence-corrected chi connectivity index (χ1v) is 7.13. The number of piperazine rings is 1. The van der Waals surface area contributed by atoms with Gasteiger partial charge in [0.05, 0.1) is 0 Å². The Kier molecular flexibility index (Phi) is 3.46. The third-order valence-electron chi connectivity index (χ3n) is 4.78. The van der Waals surface area contributed by atoms with Crippen molar-refractivity contribution < 1.29 is 0 Å². The van der Waals surface area contributed by atoms with Gasteiger partial charge < -0.3 is 10.6 Å². The van der Waals surface area contributed by atoms with E-state index in [1.54, 1.807) is 0 Å². The molecule has 0 aromatic carbocycles. The summed E-state index contributed by atoms with van der Waals surface area (Å²) in [5, 5.41) is 7.22. The van der Waals surface area contributed by atoms with Crippen LogP contribution in [0.2, 0.25) is 0 Å². The minimum absolute atomic E-state index is 0.836. The molecule has 3 nitrogen and oxygen atoms in total. The first kappa shape index (κ1) is 11.0. The van der Waals surface area contributed by atoms with Gasteiger partial charge in [-0.05, 0) is 31.7 Å². The molecule has 0 unspecified atom stereocenters. The topological polar surface area (TPSA) is 27.3 Å². The van der Waals surface area contributed by atoms with E-state index in [9.17, 15) is 0 Å². The van der Waals surface area contributed by atoms with Crippen molar-refractivity contribution >= 4 is 0 Å². The maximum Gasteiger partial charge on any atom is 0.0151 e. The fourth-order valence-corrected chi connectivity index (χ4v) is 3.97. The van der Waals surface area contributed by atoms with Crippen LogP contribution in [0.15, 0.2) is 0 Å². The molecule has 1 aliphatic carbocycles. The van der Waals surface area contributed by atoms with Gasteiger partial charge in [-0.3, -0.25) is 4.90 Å². The summed E-state index contributed by atoms with van der Waals surface area (Å²) in [5.74, 6) is 0.945. The molecule has 2 heterocycles. The van der Waals surface area contributed by atoms with E-state index in [0.717, 1.165) is 18.0 Å². The molecule has 0 bridgehead atoms. The molecule has 0 aromatic heterocycles. The lowest BCUT2D eigenvalue weighted by Gasteiger charge is -2.47. The molecular formula is C13H25N3. The zero-order valence-electron chi connectivity index (χ0n) is 10.3. The van der Waals surface area contributed by atoms with E-state index in [-0.39, 0.29) is 0 Å². The Bertz CT molecular complexity index is 223. The lowest BCUT2D eigenvalue weighted by Crippen LogP contribution is -2.59. The predicted octanol–water partition coefficient (Wildman–Crippen LogP) is 0.812. The van der Waals surface area contributed by atoms with Crippen molar-refractivity contribution in [3.63, 3.8) is 0 Å². The highest BCUT2D eigenvalue weighted by Crippen LogP contribution is 2.33. The SMILES string of the molecule is C1CC[C@@H]2NCC[C@@H](N3CCNCC3)[C@@H]2C1. The van der Waals surface area contributed by atoms with Crippen LogP contribution >= 0.6 is 0 Å². The second-order valence-corrected chi connectivity index (χ2v) is 5.65. The summed E-state index contributed by atoms with van der Waals surface area (Å²) < 4.78 is 0. The van der Waals surface area contributed by atoms with Gasteiger partial charge in [0.2, 0.25) is 0 Å². The minimum Gasteiger partial charge on any atom is -0.314 e. The number of nitrogens with one attached hydrogen (secondary N) is 2. The van der Waals surface area contributed by atoms with Gasteiger partial charge in [0.25, 0.3) is 0 Å². The molecule has 16 heavy (non-hydrogen) atoms. The van der Waals surface area contributed by atoms with Crippen LogP contribution in [-0.2, 0) is 0 Å². The summed E-state index contributed by atoms with van der Waals surface area (Å²) in [6, 6.07) is 1.72. The summed E-state index contributed by atoms with van der Waals surface area (Å²) in [6.45, 7) is 6.18. The Labute approximate surface area is 99.0 Å². The Morgan fingerprint density at radius 3 is 2.56 bits per heavy atom. The second kappa shape index (κ2) is 5.03. The Morgan fingerprint density at radius 2 is 1.69 bits per heavy atom. The van der Waals surface area contributed by atoms with E-state index in [1.807, 2.05) is 0 Å². The number of hydrogen-bond donors (Lipinski definition) is 2. The Balaban J connectivity index is 1.67. The highest BCUT2D eigenvalue weighted by atomic mass is 15.2. The Hall–Kier alpha value is -0.120. The molecule has 2 N–H and O–H groups in total. The van der Waals surface area contributed by atoms with Gasteiger partial charge in [-0.15, -0.1) is 0 Å². The Morgan fingerprint density at radius 1 is 0.875 bits per heavy atom. The van der Waals surface area contributed by atoms with Crippen molar-refractivity contribution in [2.45, 2.75) is 44.2 Å². The van der Waals surface area contributed by atoms with Gasteiger partial charge in [-0.2, -0.15) is 0 Å². The number of piperidine rings is 1. The minimum atomic E-state index is 0.836. The largest absolute Gasteiger partial charge is 0.314 e. The van der Waals surface area contributed by atoms with Crippen LogP contribution in [-0.4, -0.2) is 49.7 Å². The molecule has 3 atom stereocenters. The van der Waals surface area contributed by atoms with Crippen molar-refractivity contribution in [1.29, 1.82) is 0 Å². The first-order chi connectivity index (χ1) is 7.95. The van der Waals surface area contributed by atoms with Crippen LogP contribution in [0.5, 0.6) is 0 Å². The molecule has 1 saturated carbocycles. The molecule has 2 saturated heterocycles. The van der Waals surface area contributed by atoms with Crippen LogP contribution in [0.4, 0.5) is 0 Å². The van der Waals surface area contributed by atoms with Crippen LogP contribution < -0.4 is 10.6 Å². The van der Waals surface area contributed by atoms with Crippen LogP contribution in [0, 0.1) is 5.92 Å². The van der Waals surface area contributed by atoms with E-state index in [0.29, 0.717) is 0 Å². The van der Waals surface area contributed by atoms with E-state index in [2.05, 4.69) is 15.5 Å². The van der Waals surface area contributed by atoms with Crippen molar-refractivity contribution in [3.8, 4) is 0 Å². The molecule has 92 valence electrons. The average Bonchev–Trinajstić information content (AvgIpc) is 2.39. The number of nitrogens with zero attached hydrogens (tertiary/aromatic N) is 1. The summed E-state index contributed by atoms with van der Waals surface area (Å²) in [5.41, 5.74) is 0. The van der Waals surface area contributed by atoms with E-state index < -0.39 is 0 Å². The predicted molar refractivity (Wildman–Crippen MR) is 66.6 cm³/mol. The molecule has 0 radical (unpaired) electrons. The highest BCUT2D eigenvalue weighted by molar-refractivity contribution is 4.95. The molecule has 3 fully saturated rings. The third kappa shape index (κ3) is 2.13. The summed E-state index contributed by atoms with van der Waals surface area (Å²) in [4.78, 5) is 2.76.